The first-order chi connectivity index (χ1) is 5.57. The molecule has 0 aromatic carbocycles. The van der Waals surface area contributed by atoms with Gasteiger partial charge in [0.15, 0.2) is 0 Å². The average Bonchev–Trinajstić information content (AvgIpc) is 2.08. The first-order valence-corrected chi connectivity index (χ1v) is 5.23. The Morgan fingerprint density at radius 3 is 2.00 bits per heavy atom. The maximum Gasteiger partial charge on any atom is 0.0604 e. The molecule has 0 aromatic rings. The Labute approximate surface area is 76.5 Å². The van der Waals surface area contributed by atoms with E-state index in [-0.39, 0.29) is 0 Å². The van der Waals surface area contributed by atoms with Crippen LogP contribution in [0.15, 0.2) is 0 Å². The van der Waals surface area contributed by atoms with Crippen molar-refractivity contribution in [3.8, 4) is 0 Å². The Kier molecular flexibility index (Phi) is 3.16. The van der Waals surface area contributed by atoms with E-state index in [2.05, 4.69) is 34.6 Å². The molecule has 1 heteroatoms. The van der Waals surface area contributed by atoms with Crippen LogP contribution in [0.2, 0.25) is 0 Å². The van der Waals surface area contributed by atoms with Crippen molar-refractivity contribution in [2.75, 3.05) is 0 Å². The SMILES string of the molecule is CC[C@@H]1O[C@H](C)[C@H](C)[C@H](C)[C@H]1C. The van der Waals surface area contributed by atoms with Crippen LogP contribution in [0.3, 0.4) is 0 Å². The monoisotopic (exact) mass is 170 g/mol. The maximum atomic E-state index is 5.93. The highest BCUT2D eigenvalue weighted by Gasteiger charge is 2.35. The summed E-state index contributed by atoms with van der Waals surface area (Å²) in [6.07, 6.45) is 2.09. The van der Waals surface area contributed by atoms with Crippen molar-refractivity contribution in [3.05, 3.63) is 0 Å². The summed E-state index contributed by atoms with van der Waals surface area (Å²) in [5, 5.41) is 0. The van der Waals surface area contributed by atoms with Crippen LogP contribution in [0.1, 0.15) is 41.0 Å². The summed E-state index contributed by atoms with van der Waals surface area (Å²) in [5.41, 5.74) is 0. The van der Waals surface area contributed by atoms with Crippen molar-refractivity contribution in [1.82, 2.24) is 0 Å². The molecule has 12 heavy (non-hydrogen) atoms. The Hall–Kier alpha value is -0.0400. The Balaban J connectivity index is 2.63. The third-order valence-electron chi connectivity index (χ3n) is 3.78. The van der Waals surface area contributed by atoms with E-state index in [1.165, 1.54) is 0 Å². The molecule has 1 aliphatic rings. The third kappa shape index (κ3) is 1.66. The lowest BCUT2D eigenvalue weighted by molar-refractivity contribution is -0.125. The van der Waals surface area contributed by atoms with Gasteiger partial charge in [-0.15, -0.1) is 0 Å². The van der Waals surface area contributed by atoms with Crippen LogP contribution in [0.5, 0.6) is 0 Å². The summed E-state index contributed by atoms with van der Waals surface area (Å²) in [4.78, 5) is 0. The largest absolute Gasteiger partial charge is 0.375 e. The van der Waals surface area contributed by atoms with Crippen LogP contribution >= 0.6 is 0 Å². The second kappa shape index (κ2) is 3.78. The van der Waals surface area contributed by atoms with E-state index in [0.29, 0.717) is 18.1 Å². The van der Waals surface area contributed by atoms with Crippen molar-refractivity contribution >= 4 is 0 Å². The Morgan fingerprint density at radius 2 is 1.50 bits per heavy atom. The number of hydrogen-bond donors (Lipinski definition) is 0. The Morgan fingerprint density at radius 1 is 0.917 bits per heavy atom. The van der Waals surface area contributed by atoms with Gasteiger partial charge in [0.2, 0.25) is 0 Å². The summed E-state index contributed by atoms with van der Waals surface area (Å²) in [6, 6.07) is 0. The lowest BCUT2D eigenvalue weighted by Crippen LogP contribution is -2.42. The molecule has 0 N–H and O–H groups in total. The normalized spacial score (nSPS) is 49.2. The molecule has 1 heterocycles. The van der Waals surface area contributed by atoms with Crippen LogP contribution < -0.4 is 0 Å². The molecule has 1 aliphatic heterocycles. The third-order valence-corrected chi connectivity index (χ3v) is 3.78. The smallest absolute Gasteiger partial charge is 0.0604 e. The van der Waals surface area contributed by atoms with E-state index in [4.69, 9.17) is 4.74 Å². The number of rotatable bonds is 1. The molecule has 5 atom stereocenters. The van der Waals surface area contributed by atoms with Crippen molar-refractivity contribution in [2.24, 2.45) is 17.8 Å². The molecule has 0 radical (unpaired) electrons. The molecular formula is C11H22O. The fourth-order valence-corrected chi connectivity index (χ4v) is 2.24. The minimum Gasteiger partial charge on any atom is -0.375 e. The molecule has 0 bridgehead atoms. The van der Waals surface area contributed by atoms with Crippen molar-refractivity contribution in [3.63, 3.8) is 0 Å². The summed E-state index contributed by atoms with van der Waals surface area (Å²) >= 11 is 0. The number of hydrogen-bond acceptors (Lipinski definition) is 1. The minimum atomic E-state index is 0.446. The van der Waals surface area contributed by atoms with E-state index in [1.54, 1.807) is 0 Å². The van der Waals surface area contributed by atoms with Gasteiger partial charge in [-0.1, -0.05) is 27.7 Å². The first kappa shape index (κ1) is 10.0. The lowest BCUT2D eigenvalue weighted by Gasteiger charge is -2.42. The topological polar surface area (TPSA) is 9.23 Å². The van der Waals surface area contributed by atoms with E-state index in [0.717, 1.165) is 18.3 Å². The predicted octanol–water partition coefficient (Wildman–Crippen LogP) is 3.09. The predicted molar refractivity (Wildman–Crippen MR) is 52.1 cm³/mol. The fourth-order valence-electron chi connectivity index (χ4n) is 2.24. The molecular weight excluding hydrogens is 148 g/mol. The second-order valence-electron chi connectivity index (χ2n) is 4.37. The zero-order chi connectivity index (χ0) is 9.30. The molecule has 0 aromatic heterocycles. The van der Waals surface area contributed by atoms with Crippen LogP contribution in [-0.2, 0) is 4.74 Å². The van der Waals surface area contributed by atoms with Gasteiger partial charge in [0, 0.05) is 0 Å². The quantitative estimate of drug-likeness (QED) is 0.587. The van der Waals surface area contributed by atoms with Gasteiger partial charge >= 0.3 is 0 Å². The zero-order valence-corrected chi connectivity index (χ0v) is 9.00. The molecule has 1 fully saturated rings. The highest BCUT2D eigenvalue weighted by Crippen LogP contribution is 2.35. The highest BCUT2D eigenvalue weighted by molar-refractivity contribution is 4.83. The molecule has 72 valence electrons. The van der Waals surface area contributed by atoms with Gasteiger partial charge in [-0.25, -0.2) is 0 Å². The molecule has 0 aliphatic carbocycles. The van der Waals surface area contributed by atoms with E-state index < -0.39 is 0 Å². The van der Waals surface area contributed by atoms with E-state index in [9.17, 15) is 0 Å². The summed E-state index contributed by atoms with van der Waals surface area (Å²) < 4.78 is 5.93. The maximum absolute atomic E-state index is 5.93. The molecule has 0 amide bonds. The van der Waals surface area contributed by atoms with Crippen LogP contribution in [0.4, 0.5) is 0 Å². The van der Waals surface area contributed by atoms with Gasteiger partial charge in [0.25, 0.3) is 0 Å². The van der Waals surface area contributed by atoms with E-state index in [1.807, 2.05) is 0 Å². The van der Waals surface area contributed by atoms with Crippen LogP contribution in [-0.4, -0.2) is 12.2 Å². The van der Waals surface area contributed by atoms with Gasteiger partial charge in [-0.2, -0.15) is 0 Å². The summed E-state index contributed by atoms with van der Waals surface area (Å²) in [7, 11) is 0. The van der Waals surface area contributed by atoms with Crippen LogP contribution in [0.25, 0.3) is 0 Å². The van der Waals surface area contributed by atoms with Gasteiger partial charge in [0.05, 0.1) is 12.2 Å². The molecule has 0 unspecified atom stereocenters. The van der Waals surface area contributed by atoms with Gasteiger partial charge in [-0.05, 0) is 31.1 Å². The molecule has 1 rings (SSSR count). The zero-order valence-electron chi connectivity index (χ0n) is 9.00. The van der Waals surface area contributed by atoms with Gasteiger partial charge in [-0.3, -0.25) is 0 Å². The van der Waals surface area contributed by atoms with Gasteiger partial charge in [0.1, 0.15) is 0 Å². The van der Waals surface area contributed by atoms with Gasteiger partial charge < -0.3 is 4.74 Å². The summed E-state index contributed by atoms with van der Waals surface area (Å²) in [6.45, 7) is 11.4. The minimum absolute atomic E-state index is 0.446. The first-order valence-electron chi connectivity index (χ1n) is 5.23. The molecule has 0 spiro atoms. The second-order valence-corrected chi connectivity index (χ2v) is 4.37. The van der Waals surface area contributed by atoms with Crippen molar-refractivity contribution in [1.29, 1.82) is 0 Å². The van der Waals surface area contributed by atoms with E-state index >= 15 is 0 Å². The van der Waals surface area contributed by atoms with Crippen molar-refractivity contribution in [2.45, 2.75) is 53.2 Å². The average molecular weight is 170 g/mol. The van der Waals surface area contributed by atoms with Crippen molar-refractivity contribution < 1.29 is 4.74 Å². The fraction of sp³-hybridized carbons (Fsp3) is 1.00. The standard InChI is InChI=1S/C11H22O/c1-6-11-9(4)7(2)8(3)10(5)12-11/h7-11H,6H2,1-5H3/t7-,8+,9+,10+,11-/m0/s1. The Bertz CT molecular complexity index is 139. The lowest BCUT2D eigenvalue weighted by atomic mass is 9.76. The summed E-state index contributed by atoms with van der Waals surface area (Å²) in [5.74, 6) is 2.24. The molecule has 1 saturated heterocycles. The highest BCUT2D eigenvalue weighted by atomic mass is 16.5. The van der Waals surface area contributed by atoms with Crippen LogP contribution in [0, 0.1) is 17.8 Å². The number of ether oxygens (including phenoxy) is 1. The molecule has 0 saturated carbocycles. The molecule has 1 nitrogen and oxygen atoms in total.